The van der Waals surface area contributed by atoms with Gasteiger partial charge in [-0.1, -0.05) is 17.8 Å². The van der Waals surface area contributed by atoms with E-state index in [4.69, 9.17) is 0 Å². The molecule has 25 heavy (non-hydrogen) atoms. The molecule has 0 unspecified atom stereocenters. The molecule has 0 fully saturated rings. The first kappa shape index (κ1) is 19.4. The number of nitrogens with zero attached hydrogens (tertiary/aromatic N) is 2. The maximum atomic E-state index is 13.5. The van der Waals surface area contributed by atoms with Crippen LogP contribution >= 0.6 is 11.8 Å². The molecule has 0 saturated carbocycles. The van der Waals surface area contributed by atoms with Crippen molar-refractivity contribution in [3.05, 3.63) is 47.9 Å². The molecule has 1 aromatic carbocycles. The molecular weight excluding hydrogens is 365 g/mol. The van der Waals surface area contributed by atoms with Crippen molar-refractivity contribution in [3.63, 3.8) is 0 Å². The topological polar surface area (TPSA) is 79.4 Å². The smallest absolute Gasteiger partial charge is 0.244 e. The molecule has 0 aliphatic carbocycles. The van der Waals surface area contributed by atoms with Crippen molar-refractivity contribution in [3.8, 4) is 0 Å². The number of sulfonamides is 1. The number of aryl methyl sites for hydroxylation is 1. The zero-order chi connectivity index (χ0) is 18.6. The molecule has 6 nitrogen and oxygen atoms in total. The molecule has 1 amide bonds. The first-order valence-electron chi connectivity index (χ1n) is 7.27. The van der Waals surface area contributed by atoms with E-state index in [1.165, 1.54) is 32.4 Å². The zero-order valence-electron chi connectivity index (χ0n) is 14.0. The van der Waals surface area contributed by atoms with E-state index < -0.39 is 10.0 Å². The molecule has 0 bridgehead atoms. The summed E-state index contributed by atoms with van der Waals surface area (Å²) in [7, 11) is -0.645. The van der Waals surface area contributed by atoms with E-state index in [0.29, 0.717) is 16.3 Å². The Bertz CT molecular complexity index is 869. The molecule has 0 aliphatic heterocycles. The highest BCUT2D eigenvalue weighted by Crippen LogP contribution is 2.19. The Morgan fingerprint density at radius 1 is 1.28 bits per heavy atom. The summed E-state index contributed by atoms with van der Waals surface area (Å²) < 4.78 is 38.5. The lowest BCUT2D eigenvalue weighted by Crippen LogP contribution is -2.22. The van der Waals surface area contributed by atoms with E-state index in [9.17, 15) is 17.6 Å². The molecule has 1 N–H and O–H groups in total. The predicted molar refractivity (Wildman–Crippen MR) is 95.6 cm³/mol. The summed E-state index contributed by atoms with van der Waals surface area (Å²) in [6, 6.07) is 7.46. The van der Waals surface area contributed by atoms with Gasteiger partial charge in [0.2, 0.25) is 15.9 Å². The highest BCUT2D eigenvalue weighted by atomic mass is 32.2. The van der Waals surface area contributed by atoms with Gasteiger partial charge in [0, 0.05) is 26.0 Å². The highest BCUT2D eigenvalue weighted by molar-refractivity contribution is 7.99. The maximum absolute atomic E-state index is 13.5. The van der Waals surface area contributed by atoms with Crippen LogP contribution in [0.25, 0.3) is 0 Å². The van der Waals surface area contributed by atoms with Crippen LogP contribution in [0.3, 0.4) is 0 Å². The summed E-state index contributed by atoms with van der Waals surface area (Å²) >= 11 is 1.16. The van der Waals surface area contributed by atoms with E-state index in [-0.39, 0.29) is 22.4 Å². The minimum Gasteiger partial charge on any atom is -0.325 e. The second-order valence-electron chi connectivity index (χ2n) is 5.42. The molecule has 0 spiro atoms. The summed E-state index contributed by atoms with van der Waals surface area (Å²) in [5.41, 5.74) is 0.887. The second kappa shape index (κ2) is 7.94. The van der Waals surface area contributed by atoms with Crippen LogP contribution in [-0.4, -0.2) is 43.5 Å². The van der Waals surface area contributed by atoms with Gasteiger partial charge in [-0.15, -0.1) is 0 Å². The lowest BCUT2D eigenvalue weighted by Gasteiger charge is -2.11. The number of anilines is 1. The molecule has 0 aliphatic rings. The Hall–Kier alpha value is -1.97. The third-order valence-electron chi connectivity index (χ3n) is 3.29. The van der Waals surface area contributed by atoms with Crippen LogP contribution in [0.4, 0.5) is 10.1 Å². The van der Waals surface area contributed by atoms with Crippen LogP contribution in [0.2, 0.25) is 0 Å². The minimum absolute atomic E-state index is 0.0717. The van der Waals surface area contributed by atoms with E-state index in [1.54, 1.807) is 25.1 Å². The Morgan fingerprint density at radius 2 is 2.00 bits per heavy atom. The van der Waals surface area contributed by atoms with Crippen molar-refractivity contribution in [2.45, 2.75) is 16.8 Å². The number of halogens is 1. The van der Waals surface area contributed by atoms with Crippen LogP contribution in [0, 0.1) is 12.7 Å². The van der Waals surface area contributed by atoms with Crippen molar-refractivity contribution in [1.29, 1.82) is 0 Å². The number of carbonyl (C=O) groups is 1. The quantitative estimate of drug-likeness (QED) is 0.776. The van der Waals surface area contributed by atoms with E-state index in [1.807, 2.05) is 0 Å². The van der Waals surface area contributed by atoms with Gasteiger partial charge in [0.05, 0.1) is 10.8 Å². The fourth-order valence-electron chi connectivity index (χ4n) is 1.82. The zero-order valence-corrected chi connectivity index (χ0v) is 15.6. The van der Waals surface area contributed by atoms with Crippen molar-refractivity contribution in [1.82, 2.24) is 9.29 Å². The summed E-state index contributed by atoms with van der Waals surface area (Å²) in [6.07, 6.45) is 1.25. The Kier molecular flexibility index (Phi) is 6.15. The van der Waals surface area contributed by atoms with Crippen LogP contribution in [0.15, 0.2) is 46.5 Å². The van der Waals surface area contributed by atoms with Gasteiger partial charge in [-0.2, -0.15) is 0 Å². The molecule has 134 valence electrons. The van der Waals surface area contributed by atoms with E-state index >= 15 is 0 Å². The fourth-order valence-corrected chi connectivity index (χ4v) is 3.31. The van der Waals surface area contributed by atoms with Crippen molar-refractivity contribution >= 4 is 33.4 Å². The number of hydrogen-bond acceptors (Lipinski definition) is 5. The molecule has 0 saturated heterocycles. The Labute approximate surface area is 150 Å². The Morgan fingerprint density at radius 3 is 2.56 bits per heavy atom. The van der Waals surface area contributed by atoms with Crippen LogP contribution in [0.5, 0.6) is 0 Å². The van der Waals surface area contributed by atoms with Gasteiger partial charge in [0.25, 0.3) is 0 Å². The number of nitrogens with one attached hydrogen (secondary N) is 1. The third-order valence-corrected chi connectivity index (χ3v) is 6.04. The average molecular weight is 383 g/mol. The van der Waals surface area contributed by atoms with Crippen molar-refractivity contribution in [2.24, 2.45) is 0 Å². The standard InChI is InChI=1S/C16H18FN3O3S2/c1-11-4-5-12(8-14(11)17)19-15(21)10-24-16-7-6-13(9-18-16)25(22,23)20(2)3/h4-9H,10H2,1-3H3,(H,19,21). The number of rotatable bonds is 6. The first-order valence-corrected chi connectivity index (χ1v) is 9.70. The highest BCUT2D eigenvalue weighted by Gasteiger charge is 2.17. The number of carbonyl (C=O) groups excluding carboxylic acids is 1. The summed E-state index contributed by atoms with van der Waals surface area (Å²) in [5, 5.41) is 3.12. The predicted octanol–water partition coefficient (Wildman–Crippen LogP) is 2.51. The van der Waals surface area contributed by atoms with Crippen molar-refractivity contribution in [2.75, 3.05) is 25.2 Å². The lowest BCUT2D eigenvalue weighted by atomic mass is 10.2. The van der Waals surface area contributed by atoms with Gasteiger partial charge in [-0.25, -0.2) is 22.1 Å². The van der Waals surface area contributed by atoms with Crippen LogP contribution < -0.4 is 5.32 Å². The number of benzene rings is 1. The first-order chi connectivity index (χ1) is 11.7. The van der Waals surface area contributed by atoms with Crippen LogP contribution in [-0.2, 0) is 14.8 Å². The van der Waals surface area contributed by atoms with Gasteiger partial charge in [0.1, 0.15) is 10.7 Å². The number of thioether (sulfide) groups is 1. The molecule has 9 heteroatoms. The van der Waals surface area contributed by atoms with Gasteiger partial charge in [-0.05, 0) is 36.8 Å². The summed E-state index contributed by atoms with van der Waals surface area (Å²) in [5.74, 6) is -0.618. The molecule has 1 aromatic heterocycles. The molecule has 1 heterocycles. The molecule has 2 aromatic rings. The molecular formula is C16H18FN3O3S2. The number of amides is 1. The largest absolute Gasteiger partial charge is 0.325 e. The van der Waals surface area contributed by atoms with Gasteiger partial charge >= 0.3 is 0 Å². The lowest BCUT2D eigenvalue weighted by molar-refractivity contribution is -0.113. The average Bonchev–Trinajstić information content (AvgIpc) is 2.56. The Balaban J connectivity index is 1.94. The van der Waals surface area contributed by atoms with E-state index in [2.05, 4.69) is 10.3 Å². The van der Waals surface area contributed by atoms with Crippen molar-refractivity contribution < 1.29 is 17.6 Å². The minimum atomic E-state index is -3.53. The number of hydrogen-bond donors (Lipinski definition) is 1. The molecule has 2 rings (SSSR count). The fraction of sp³-hybridized carbons (Fsp3) is 0.250. The van der Waals surface area contributed by atoms with Gasteiger partial charge in [-0.3, -0.25) is 4.79 Å². The maximum Gasteiger partial charge on any atom is 0.244 e. The normalized spacial score (nSPS) is 11.6. The summed E-state index contributed by atoms with van der Waals surface area (Å²) in [4.78, 5) is 16.0. The third kappa shape index (κ3) is 5.00. The van der Waals surface area contributed by atoms with E-state index in [0.717, 1.165) is 16.1 Å². The number of aromatic nitrogens is 1. The summed E-state index contributed by atoms with van der Waals surface area (Å²) in [6.45, 7) is 1.64. The molecule has 0 radical (unpaired) electrons. The monoisotopic (exact) mass is 383 g/mol. The van der Waals surface area contributed by atoms with Crippen LogP contribution in [0.1, 0.15) is 5.56 Å². The van der Waals surface area contributed by atoms with Gasteiger partial charge < -0.3 is 5.32 Å². The second-order valence-corrected chi connectivity index (χ2v) is 8.57. The van der Waals surface area contributed by atoms with Gasteiger partial charge in [0.15, 0.2) is 0 Å². The number of pyridine rings is 1. The molecule has 0 atom stereocenters. The SMILES string of the molecule is Cc1ccc(NC(=O)CSc2ccc(S(=O)(=O)N(C)C)cn2)cc1F.